The zero-order chi connectivity index (χ0) is 37.4. The van der Waals surface area contributed by atoms with Crippen LogP contribution < -0.4 is 15.4 Å². The number of ketones is 2. The van der Waals surface area contributed by atoms with E-state index in [9.17, 15) is 29.4 Å². The summed E-state index contributed by atoms with van der Waals surface area (Å²) in [6.07, 6.45) is 5.60. The SMILES string of the molecule is CCCCCCCCOc1c(Nc2ccc(C(=O)OCC)cc2)c(Nc2ccc(C(=O)OCC)cc2)c(F)c2c1C(=O)c1c(O)ccc(O)c1C2=O. The number of carbonyl (C=O) groups is 4. The molecular formula is C40H41FN2O9. The van der Waals surface area contributed by atoms with Crippen molar-refractivity contribution in [2.75, 3.05) is 30.5 Å². The molecule has 0 heterocycles. The summed E-state index contributed by atoms with van der Waals surface area (Å²) < 4.78 is 33.5. The first-order valence-electron chi connectivity index (χ1n) is 17.4. The molecule has 0 aliphatic heterocycles. The second kappa shape index (κ2) is 16.9. The molecule has 1 aliphatic carbocycles. The summed E-state index contributed by atoms with van der Waals surface area (Å²) in [5, 5.41) is 27.5. The van der Waals surface area contributed by atoms with Gasteiger partial charge in [0.25, 0.3) is 0 Å². The van der Waals surface area contributed by atoms with Crippen LogP contribution in [0.25, 0.3) is 0 Å². The highest BCUT2D eigenvalue weighted by Crippen LogP contribution is 2.49. The third-order valence-corrected chi connectivity index (χ3v) is 8.54. The highest BCUT2D eigenvalue weighted by Gasteiger charge is 2.42. The van der Waals surface area contributed by atoms with Crippen LogP contribution in [0, 0.1) is 5.82 Å². The van der Waals surface area contributed by atoms with E-state index in [0.29, 0.717) is 17.8 Å². The van der Waals surface area contributed by atoms with Crippen LogP contribution in [0.3, 0.4) is 0 Å². The molecule has 0 aromatic heterocycles. The van der Waals surface area contributed by atoms with Crippen LogP contribution in [0.5, 0.6) is 17.2 Å². The van der Waals surface area contributed by atoms with Crippen molar-refractivity contribution in [2.24, 2.45) is 0 Å². The monoisotopic (exact) mass is 712 g/mol. The fraction of sp³-hybridized carbons (Fsp3) is 0.300. The number of phenolic OH excluding ortho intramolecular Hbond substituents is 2. The molecule has 0 saturated carbocycles. The van der Waals surface area contributed by atoms with Crippen LogP contribution in [0.4, 0.5) is 27.1 Å². The maximum absolute atomic E-state index is 17.0. The number of fused-ring (bicyclic) bond motifs is 2. The third-order valence-electron chi connectivity index (χ3n) is 8.54. The molecule has 0 saturated heterocycles. The lowest BCUT2D eigenvalue weighted by atomic mass is 9.81. The van der Waals surface area contributed by atoms with E-state index < -0.39 is 63.1 Å². The Labute approximate surface area is 300 Å². The lowest BCUT2D eigenvalue weighted by Gasteiger charge is -2.27. The summed E-state index contributed by atoms with van der Waals surface area (Å²) in [4.78, 5) is 52.8. The van der Waals surface area contributed by atoms with E-state index in [4.69, 9.17) is 14.2 Å². The second-order valence-corrected chi connectivity index (χ2v) is 12.1. The summed E-state index contributed by atoms with van der Waals surface area (Å²) in [6.45, 7) is 5.97. The molecule has 0 bridgehead atoms. The molecule has 0 radical (unpaired) electrons. The van der Waals surface area contributed by atoms with Gasteiger partial charge < -0.3 is 35.1 Å². The molecule has 52 heavy (non-hydrogen) atoms. The van der Waals surface area contributed by atoms with Crippen LogP contribution in [-0.4, -0.2) is 53.5 Å². The summed E-state index contributed by atoms with van der Waals surface area (Å²) in [7, 11) is 0. The summed E-state index contributed by atoms with van der Waals surface area (Å²) in [5.41, 5.74) is -1.19. The van der Waals surface area contributed by atoms with Gasteiger partial charge in [-0.3, -0.25) is 9.59 Å². The smallest absolute Gasteiger partial charge is 0.338 e. The third kappa shape index (κ3) is 7.85. The van der Waals surface area contributed by atoms with Crippen molar-refractivity contribution in [1.29, 1.82) is 0 Å². The maximum Gasteiger partial charge on any atom is 0.338 e. The summed E-state index contributed by atoms with van der Waals surface area (Å²) in [6, 6.07) is 14.3. The molecule has 1 aliphatic rings. The van der Waals surface area contributed by atoms with Crippen LogP contribution in [-0.2, 0) is 9.47 Å². The zero-order valence-corrected chi connectivity index (χ0v) is 29.3. The minimum Gasteiger partial charge on any atom is -0.507 e. The minimum absolute atomic E-state index is 0.0511. The standard InChI is InChI=1S/C40H41FN2O9/c1-4-7-8-9-10-11-22-52-38-32-31(36(46)29-27(44)20-21-28(45)30(29)37(32)47)33(41)34(42-25-16-12-23(13-17-25)39(48)50-5-2)35(38)43-26-18-14-24(15-19-26)40(49)51-6-3/h12-21,42-45H,4-11,22H2,1-3H3. The molecule has 12 heteroatoms. The van der Waals surface area contributed by atoms with Gasteiger partial charge in [-0.05, 0) is 80.9 Å². The van der Waals surface area contributed by atoms with Gasteiger partial charge >= 0.3 is 11.9 Å². The van der Waals surface area contributed by atoms with E-state index >= 15 is 4.39 Å². The van der Waals surface area contributed by atoms with Crippen molar-refractivity contribution in [3.63, 3.8) is 0 Å². The Hall–Kier alpha value is -5.91. The fourth-order valence-electron chi connectivity index (χ4n) is 5.95. The number of ether oxygens (including phenoxy) is 3. The van der Waals surface area contributed by atoms with Gasteiger partial charge in [0.1, 0.15) is 22.9 Å². The number of phenols is 2. The lowest BCUT2D eigenvalue weighted by Crippen LogP contribution is -2.25. The molecule has 5 rings (SSSR count). The average Bonchev–Trinajstić information content (AvgIpc) is 3.14. The normalized spacial score (nSPS) is 11.8. The summed E-state index contributed by atoms with van der Waals surface area (Å²) >= 11 is 0. The largest absolute Gasteiger partial charge is 0.507 e. The average molecular weight is 713 g/mol. The molecule has 0 atom stereocenters. The minimum atomic E-state index is -1.13. The van der Waals surface area contributed by atoms with E-state index in [1.165, 1.54) is 36.4 Å². The van der Waals surface area contributed by atoms with Gasteiger partial charge in [0.05, 0.1) is 53.2 Å². The van der Waals surface area contributed by atoms with E-state index in [1.54, 1.807) is 26.0 Å². The Bertz CT molecular complexity index is 1980. The number of esters is 2. The van der Waals surface area contributed by atoms with Gasteiger partial charge in [-0.2, -0.15) is 0 Å². The number of halogens is 1. The topological polar surface area (TPSA) is 160 Å². The molecular weight excluding hydrogens is 671 g/mol. The van der Waals surface area contributed by atoms with Gasteiger partial charge in [0.15, 0.2) is 11.6 Å². The van der Waals surface area contributed by atoms with Crippen LogP contribution in [0.15, 0.2) is 60.7 Å². The predicted octanol–water partition coefficient (Wildman–Crippen LogP) is 8.59. The lowest BCUT2D eigenvalue weighted by molar-refractivity contribution is 0.0517. The molecule has 0 unspecified atom stereocenters. The Balaban J connectivity index is 1.67. The van der Waals surface area contributed by atoms with E-state index in [2.05, 4.69) is 17.6 Å². The molecule has 0 amide bonds. The predicted molar refractivity (Wildman–Crippen MR) is 193 cm³/mol. The van der Waals surface area contributed by atoms with Crippen LogP contribution >= 0.6 is 0 Å². The number of carbonyl (C=O) groups excluding carboxylic acids is 4. The van der Waals surface area contributed by atoms with Crippen molar-refractivity contribution in [1.82, 2.24) is 0 Å². The Morgan fingerprint density at radius 2 is 1.08 bits per heavy atom. The first-order valence-corrected chi connectivity index (χ1v) is 17.4. The molecule has 0 fully saturated rings. The number of benzene rings is 4. The van der Waals surface area contributed by atoms with Crippen molar-refractivity contribution < 1.29 is 48.0 Å². The molecule has 4 aromatic rings. The number of hydrogen-bond donors (Lipinski definition) is 4. The van der Waals surface area contributed by atoms with Crippen molar-refractivity contribution in [3.8, 4) is 17.2 Å². The van der Waals surface area contributed by atoms with Gasteiger partial charge in [0, 0.05) is 11.4 Å². The Morgan fingerprint density at radius 1 is 0.615 bits per heavy atom. The number of aromatic hydroxyl groups is 2. The molecule has 11 nitrogen and oxygen atoms in total. The second-order valence-electron chi connectivity index (χ2n) is 12.1. The van der Waals surface area contributed by atoms with Crippen LogP contribution in [0.2, 0.25) is 0 Å². The summed E-state index contributed by atoms with van der Waals surface area (Å²) in [5.74, 6) is -5.46. The van der Waals surface area contributed by atoms with E-state index in [0.717, 1.165) is 44.2 Å². The highest BCUT2D eigenvalue weighted by molar-refractivity contribution is 6.32. The fourth-order valence-corrected chi connectivity index (χ4v) is 5.95. The van der Waals surface area contributed by atoms with E-state index in [1.807, 2.05) is 0 Å². The Morgan fingerprint density at radius 3 is 1.58 bits per heavy atom. The van der Waals surface area contributed by atoms with Gasteiger partial charge in [-0.15, -0.1) is 0 Å². The molecule has 4 aromatic carbocycles. The van der Waals surface area contributed by atoms with Crippen molar-refractivity contribution in [3.05, 3.63) is 99.9 Å². The molecule has 4 N–H and O–H groups in total. The number of rotatable bonds is 16. The van der Waals surface area contributed by atoms with Gasteiger partial charge in [-0.25, -0.2) is 14.0 Å². The molecule has 0 spiro atoms. The van der Waals surface area contributed by atoms with Crippen LogP contribution in [0.1, 0.15) is 112 Å². The number of unbranched alkanes of at least 4 members (excludes halogenated alkanes) is 5. The maximum atomic E-state index is 17.0. The Kier molecular flexibility index (Phi) is 12.1. The highest BCUT2D eigenvalue weighted by atomic mass is 19.1. The van der Waals surface area contributed by atoms with Gasteiger partial charge in [0.2, 0.25) is 11.6 Å². The number of anilines is 4. The first kappa shape index (κ1) is 37.3. The molecule has 272 valence electrons. The van der Waals surface area contributed by atoms with Crippen molar-refractivity contribution >= 4 is 46.3 Å². The zero-order valence-electron chi connectivity index (χ0n) is 29.3. The van der Waals surface area contributed by atoms with E-state index in [-0.39, 0.29) is 48.1 Å². The first-order chi connectivity index (χ1) is 25.1. The quantitative estimate of drug-likeness (QED) is 0.0441. The van der Waals surface area contributed by atoms with Gasteiger partial charge in [-0.1, -0.05) is 39.0 Å². The number of nitrogens with one attached hydrogen (secondary N) is 2. The number of hydrogen-bond acceptors (Lipinski definition) is 11. The van der Waals surface area contributed by atoms with Crippen molar-refractivity contribution in [2.45, 2.75) is 59.3 Å².